The summed E-state index contributed by atoms with van der Waals surface area (Å²) in [7, 11) is 0. The topological polar surface area (TPSA) is 59.6 Å². The molecule has 3 rings (SSSR count). The third-order valence-electron chi connectivity index (χ3n) is 3.35. The number of benzene rings is 2. The molecule has 5 heteroatoms. The average Bonchev–Trinajstić information content (AvgIpc) is 2.51. The number of amides is 1. The van der Waals surface area contributed by atoms with Crippen LogP contribution in [-0.2, 0) is 16.1 Å². The SMILES string of the molecule is O=C(Nc1ccc(NC2COC2)cc1)OCc1ccccc1. The molecule has 0 aliphatic carbocycles. The molecule has 1 heterocycles. The van der Waals surface area contributed by atoms with Crippen molar-refractivity contribution in [2.75, 3.05) is 23.8 Å². The van der Waals surface area contributed by atoms with Crippen LogP contribution in [0.1, 0.15) is 5.56 Å². The molecule has 1 saturated heterocycles. The fourth-order valence-corrected chi connectivity index (χ4v) is 2.08. The summed E-state index contributed by atoms with van der Waals surface area (Å²) >= 11 is 0. The summed E-state index contributed by atoms with van der Waals surface area (Å²) in [6, 6.07) is 17.5. The van der Waals surface area contributed by atoms with Crippen LogP contribution in [0.25, 0.3) is 0 Å². The van der Waals surface area contributed by atoms with Crippen molar-refractivity contribution in [3.63, 3.8) is 0 Å². The predicted octanol–water partition coefficient (Wildman–Crippen LogP) is 3.25. The van der Waals surface area contributed by atoms with E-state index in [4.69, 9.17) is 9.47 Å². The minimum absolute atomic E-state index is 0.258. The maximum absolute atomic E-state index is 11.7. The lowest BCUT2D eigenvalue weighted by molar-refractivity contribution is 0.0211. The first-order valence-corrected chi connectivity index (χ1v) is 7.22. The van der Waals surface area contributed by atoms with E-state index < -0.39 is 6.09 Å². The van der Waals surface area contributed by atoms with Crippen molar-refractivity contribution in [2.24, 2.45) is 0 Å². The highest BCUT2D eigenvalue weighted by atomic mass is 16.5. The summed E-state index contributed by atoms with van der Waals surface area (Å²) in [5.41, 5.74) is 2.67. The van der Waals surface area contributed by atoms with Gasteiger partial charge in [-0.25, -0.2) is 4.79 Å². The Morgan fingerprint density at radius 3 is 2.36 bits per heavy atom. The van der Waals surface area contributed by atoms with Gasteiger partial charge in [-0.15, -0.1) is 0 Å². The second-order valence-corrected chi connectivity index (χ2v) is 5.14. The van der Waals surface area contributed by atoms with Crippen molar-refractivity contribution in [1.29, 1.82) is 0 Å². The zero-order valence-electron chi connectivity index (χ0n) is 12.1. The molecule has 5 nitrogen and oxygen atoms in total. The summed E-state index contributed by atoms with van der Waals surface area (Å²) in [6.07, 6.45) is -0.461. The Balaban J connectivity index is 1.46. The zero-order valence-corrected chi connectivity index (χ0v) is 12.1. The molecule has 2 aromatic carbocycles. The van der Waals surface area contributed by atoms with Crippen molar-refractivity contribution < 1.29 is 14.3 Å². The molecule has 1 aliphatic rings. The van der Waals surface area contributed by atoms with Crippen molar-refractivity contribution in [2.45, 2.75) is 12.6 Å². The molecule has 1 fully saturated rings. The molecule has 2 aromatic rings. The maximum Gasteiger partial charge on any atom is 0.411 e. The predicted molar refractivity (Wildman–Crippen MR) is 84.9 cm³/mol. The quantitative estimate of drug-likeness (QED) is 0.889. The molecule has 2 N–H and O–H groups in total. The molecule has 1 aliphatic heterocycles. The van der Waals surface area contributed by atoms with E-state index in [9.17, 15) is 4.79 Å². The first-order valence-electron chi connectivity index (χ1n) is 7.22. The third kappa shape index (κ3) is 3.99. The average molecular weight is 298 g/mol. The Labute approximate surface area is 129 Å². The van der Waals surface area contributed by atoms with E-state index in [1.807, 2.05) is 54.6 Å². The third-order valence-corrected chi connectivity index (χ3v) is 3.35. The second-order valence-electron chi connectivity index (χ2n) is 5.14. The first-order chi connectivity index (χ1) is 10.8. The van der Waals surface area contributed by atoms with Crippen LogP contribution in [0.15, 0.2) is 54.6 Å². The molecule has 114 valence electrons. The number of carbonyl (C=O) groups is 1. The monoisotopic (exact) mass is 298 g/mol. The summed E-state index contributed by atoms with van der Waals surface area (Å²) in [6.45, 7) is 1.74. The van der Waals surface area contributed by atoms with Gasteiger partial charge in [-0.05, 0) is 29.8 Å². The largest absolute Gasteiger partial charge is 0.444 e. The van der Waals surface area contributed by atoms with Crippen molar-refractivity contribution in [1.82, 2.24) is 0 Å². The fourth-order valence-electron chi connectivity index (χ4n) is 2.08. The van der Waals surface area contributed by atoms with Crippen LogP contribution in [0.3, 0.4) is 0 Å². The summed E-state index contributed by atoms with van der Waals surface area (Å²) < 4.78 is 10.3. The number of carbonyl (C=O) groups excluding carboxylic acids is 1. The number of hydrogen-bond donors (Lipinski definition) is 2. The lowest BCUT2D eigenvalue weighted by Gasteiger charge is -2.27. The van der Waals surface area contributed by atoms with Crippen LogP contribution in [0.5, 0.6) is 0 Å². The highest BCUT2D eigenvalue weighted by Gasteiger charge is 2.17. The Bertz CT molecular complexity index is 610. The van der Waals surface area contributed by atoms with Crippen LogP contribution in [0.4, 0.5) is 16.2 Å². The number of hydrogen-bond acceptors (Lipinski definition) is 4. The molecule has 0 aromatic heterocycles. The summed E-state index contributed by atoms with van der Waals surface area (Å²) in [5.74, 6) is 0. The Hall–Kier alpha value is -2.53. The number of anilines is 2. The van der Waals surface area contributed by atoms with E-state index in [0.29, 0.717) is 11.7 Å². The Kier molecular flexibility index (Phi) is 4.56. The van der Waals surface area contributed by atoms with Crippen molar-refractivity contribution in [3.05, 3.63) is 60.2 Å². The lowest BCUT2D eigenvalue weighted by Crippen LogP contribution is -2.40. The van der Waals surface area contributed by atoms with Gasteiger partial charge < -0.3 is 14.8 Å². The molecule has 0 saturated carbocycles. The van der Waals surface area contributed by atoms with Gasteiger partial charge >= 0.3 is 6.09 Å². The van der Waals surface area contributed by atoms with Gasteiger partial charge in [0, 0.05) is 11.4 Å². The van der Waals surface area contributed by atoms with Gasteiger partial charge in [-0.2, -0.15) is 0 Å². The minimum Gasteiger partial charge on any atom is -0.444 e. The van der Waals surface area contributed by atoms with Gasteiger partial charge in [0.2, 0.25) is 0 Å². The summed E-state index contributed by atoms with van der Waals surface area (Å²) in [4.78, 5) is 11.7. The molecule has 0 atom stereocenters. The highest BCUT2D eigenvalue weighted by Crippen LogP contribution is 2.16. The Morgan fingerprint density at radius 1 is 1.05 bits per heavy atom. The lowest BCUT2D eigenvalue weighted by atomic mass is 10.2. The van der Waals surface area contributed by atoms with E-state index in [1.165, 1.54) is 0 Å². The highest BCUT2D eigenvalue weighted by molar-refractivity contribution is 5.84. The molecule has 0 spiro atoms. The first kappa shape index (κ1) is 14.4. The van der Waals surface area contributed by atoms with Crippen LogP contribution in [-0.4, -0.2) is 25.3 Å². The fraction of sp³-hybridized carbons (Fsp3) is 0.235. The van der Waals surface area contributed by atoms with E-state index >= 15 is 0 Å². The molecular formula is C17H18N2O3. The number of ether oxygens (including phenoxy) is 2. The smallest absolute Gasteiger partial charge is 0.411 e. The van der Waals surface area contributed by atoms with E-state index in [2.05, 4.69) is 10.6 Å². The van der Waals surface area contributed by atoms with Gasteiger partial charge in [0.05, 0.1) is 19.3 Å². The molecule has 0 bridgehead atoms. The number of rotatable bonds is 5. The van der Waals surface area contributed by atoms with Crippen molar-refractivity contribution in [3.8, 4) is 0 Å². The van der Waals surface area contributed by atoms with Gasteiger partial charge in [-0.1, -0.05) is 30.3 Å². The van der Waals surface area contributed by atoms with Gasteiger partial charge in [0.15, 0.2) is 0 Å². The maximum atomic E-state index is 11.7. The second kappa shape index (κ2) is 6.95. The molecule has 1 amide bonds. The standard InChI is InChI=1S/C17H18N2O3/c20-17(22-10-13-4-2-1-3-5-13)19-15-8-6-14(7-9-15)18-16-11-21-12-16/h1-9,16,18H,10-12H2,(H,19,20). The molecule has 22 heavy (non-hydrogen) atoms. The van der Waals surface area contributed by atoms with E-state index in [0.717, 1.165) is 24.5 Å². The van der Waals surface area contributed by atoms with Gasteiger partial charge in [0.25, 0.3) is 0 Å². The van der Waals surface area contributed by atoms with Crippen LogP contribution >= 0.6 is 0 Å². The van der Waals surface area contributed by atoms with Crippen LogP contribution < -0.4 is 10.6 Å². The number of nitrogens with one attached hydrogen (secondary N) is 2. The van der Waals surface area contributed by atoms with Crippen LogP contribution in [0, 0.1) is 0 Å². The summed E-state index contributed by atoms with van der Waals surface area (Å²) in [5, 5.41) is 6.04. The zero-order chi connectivity index (χ0) is 15.2. The van der Waals surface area contributed by atoms with E-state index in [-0.39, 0.29) is 6.61 Å². The molecule has 0 radical (unpaired) electrons. The molecule has 0 unspecified atom stereocenters. The van der Waals surface area contributed by atoms with Gasteiger partial charge in [0.1, 0.15) is 6.61 Å². The van der Waals surface area contributed by atoms with Gasteiger partial charge in [-0.3, -0.25) is 5.32 Å². The van der Waals surface area contributed by atoms with E-state index in [1.54, 1.807) is 0 Å². The van der Waals surface area contributed by atoms with Crippen LogP contribution in [0.2, 0.25) is 0 Å². The minimum atomic E-state index is -0.461. The van der Waals surface area contributed by atoms with Crippen molar-refractivity contribution >= 4 is 17.5 Å². The molecular weight excluding hydrogens is 280 g/mol. The Morgan fingerprint density at radius 2 is 1.73 bits per heavy atom. The normalized spacial score (nSPS) is 14.0.